The molecule has 0 bridgehead atoms. The minimum atomic E-state index is -0.907. The number of hydrogen-bond donors (Lipinski definition) is 1. The second-order valence-electron chi connectivity index (χ2n) is 3.55. The molecule has 0 aliphatic carbocycles. The summed E-state index contributed by atoms with van der Waals surface area (Å²) in [7, 11) is 0. The van der Waals surface area contributed by atoms with Gasteiger partial charge >= 0.3 is 5.97 Å². The number of carboxylic acids is 1. The largest absolute Gasteiger partial charge is 0.478 e. The molecule has 0 aliphatic rings. The summed E-state index contributed by atoms with van der Waals surface area (Å²) in [4.78, 5) is 15.2. The molecular formula is C13H11NO2. The van der Waals surface area contributed by atoms with Crippen LogP contribution in [0.4, 0.5) is 0 Å². The lowest BCUT2D eigenvalue weighted by Crippen LogP contribution is -1.99. The van der Waals surface area contributed by atoms with Crippen LogP contribution in [0.25, 0.3) is 11.3 Å². The van der Waals surface area contributed by atoms with Gasteiger partial charge in [0.1, 0.15) is 0 Å². The SMILES string of the molecule is Cc1ccc(-c2ccccn2)cc1C(=O)O. The van der Waals surface area contributed by atoms with Gasteiger partial charge in [-0.25, -0.2) is 4.79 Å². The van der Waals surface area contributed by atoms with Gasteiger partial charge in [-0.15, -0.1) is 0 Å². The molecule has 0 amide bonds. The van der Waals surface area contributed by atoms with E-state index in [-0.39, 0.29) is 0 Å². The molecule has 0 saturated heterocycles. The third kappa shape index (κ3) is 1.93. The van der Waals surface area contributed by atoms with Crippen molar-refractivity contribution in [2.45, 2.75) is 6.92 Å². The van der Waals surface area contributed by atoms with Crippen LogP contribution in [-0.4, -0.2) is 16.1 Å². The standard InChI is InChI=1S/C13H11NO2/c1-9-5-6-10(8-11(9)13(15)16)12-4-2-3-7-14-12/h2-8H,1H3,(H,15,16). The number of benzene rings is 1. The lowest BCUT2D eigenvalue weighted by molar-refractivity contribution is 0.0696. The van der Waals surface area contributed by atoms with Gasteiger partial charge in [0.15, 0.2) is 0 Å². The second-order valence-corrected chi connectivity index (χ2v) is 3.55. The van der Waals surface area contributed by atoms with Gasteiger partial charge in [-0.05, 0) is 30.7 Å². The van der Waals surface area contributed by atoms with E-state index in [1.54, 1.807) is 25.3 Å². The average Bonchev–Trinajstić information content (AvgIpc) is 2.30. The molecule has 80 valence electrons. The van der Waals surface area contributed by atoms with Crippen LogP contribution in [0.2, 0.25) is 0 Å². The number of hydrogen-bond acceptors (Lipinski definition) is 2. The number of rotatable bonds is 2. The van der Waals surface area contributed by atoms with E-state index in [0.29, 0.717) is 5.56 Å². The van der Waals surface area contributed by atoms with Crippen molar-refractivity contribution < 1.29 is 9.90 Å². The molecule has 0 fully saturated rings. The highest BCUT2D eigenvalue weighted by molar-refractivity contribution is 5.90. The van der Waals surface area contributed by atoms with Gasteiger partial charge in [0.25, 0.3) is 0 Å². The Bertz CT molecular complexity index is 521. The monoisotopic (exact) mass is 213 g/mol. The van der Waals surface area contributed by atoms with Gasteiger partial charge in [0.05, 0.1) is 11.3 Å². The first-order chi connectivity index (χ1) is 7.68. The number of aryl methyl sites for hydroxylation is 1. The number of aromatic nitrogens is 1. The van der Waals surface area contributed by atoms with Crippen molar-refractivity contribution in [2.75, 3.05) is 0 Å². The topological polar surface area (TPSA) is 50.2 Å². The van der Waals surface area contributed by atoms with Crippen molar-refractivity contribution >= 4 is 5.97 Å². The van der Waals surface area contributed by atoms with Crippen LogP contribution < -0.4 is 0 Å². The fourth-order valence-corrected chi connectivity index (χ4v) is 1.55. The molecule has 2 rings (SSSR count). The predicted molar refractivity (Wildman–Crippen MR) is 61.4 cm³/mol. The molecule has 1 heterocycles. The third-order valence-corrected chi connectivity index (χ3v) is 2.43. The molecular weight excluding hydrogens is 202 g/mol. The Morgan fingerprint density at radius 3 is 2.69 bits per heavy atom. The average molecular weight is 213 g/mol. The summed E-state index contributed by atoms with van der Waals surface area (Å²) >= 11 is 0. The lowest BCUT2D eigenvalue weighted by atomic mass is 10.0. The zero-order valence-corrected chi connectivity index (χ0v) is 8.84. The van der Waals surface area contributed by atoms with E-state index in [2.05, 4.69) is 4.98 Å². The lowest BCUT2D eigenvalue weighted by Gasteiger charge is -2.04. The van der Waals surface area contributed by atoms with Crippen molar-refractivity contribution in [3.05, 3.63) is 53.7 Å². The maximum atomic E-state index is 11.0. The Labute approximate surface area is 93.4 Å². The Morgan fingerprint density at radius 1 is 1.25 bits per heavy atom. The molecule has 0 saturated carbocycles. The van der Waals surface area contributed by atoms with E-state index in [1.165, 1.54) is 0 Å². The Morgan fingerprint density at radius 2 is 2.06 bits per heavy atom. The maximum Gasteiger partial charge on any atom is 0.335 e. The van der Waals surface area contributed by atoms with Crippen molar-refractivity contribution in [3.8, 4) is 11.3 Å². The predicted octanol–water partition coefficient (Wildman–Crippen LogP) is 2.76. The number of aromatic carboxylic acids is 1. The van der Waals surface area contributed by atoms with Crippen LogP contribution in [0.5, 0.6) is 0 Å². The summed E-state index contributed by atoms with van der Waals surface area (Å²) in [5.74, 6) is -0.907. The van der Waals surface area contributed by atoms with Crippen LogP contribution in [0, 0.1) is 6.92 Å². The summed E-state index contributed by atoms with van der Waals surface area (Å²) in [6.07, 6.45) is 1.69. The zero-order chi connectivity index (χ0) is 11.5. The van der Waals surface area contributed by atoms with E-state index >= 15 is 0 Å². The molecule has 0 aliphatic heterocycles. The van der Waals surface area contributed by atoms with Gasteiger partial charge in [0, 0.05) is 11.8 Å². The van der Waals surface area contributed by atoms with E-state index in [9.17, 15) is 4.79 Å². The Hall–Kier alpha value is -2.16. The normalized spacial score (nSPS) is 10.1. The molecule has 1 aromatic heterocycles. The fourth-order valence-electron chi connectivity index (χ4n) is 1.55. The van der Waals surface area contributed by atoms with E-state index in [0.717, 1.165) is 16.8 Å². The highest BCUT2D eigenvalue weighted by Gasteiger charge is 2.08. The minimum absolute atomic E-state index is 0.322. The molecule has 16 heavy (non-hydrogen) atoms. The van der Waals surface area contributed by atoms with Crippen LogP contribution >= 0.6 is 0 Å². The minimum Gasteiger partial charge on any atom is -0.478 e. The summed E-state index contributed by atoms with van der Waals surface area (Å²) in [5.41, 5.74) is 2.68. The van der Waals surface area contributed by atoms with Crippen molar-refractivity contribution in [1.29, 1.82) is 0 Å². The molecule has 2 aromatic rings. The number of carbonyl (C=O) groups is 1. The van der Waals surface area contributed by atoms with E-state index in [4.69, 9.17) is 5.11 Å². The van der Waals surface area contributed by atoms with Crippen molar-refractivity contribution in [1.82, 2.24) is 4.98 Å². The van der Waals surface area contributed by atoms with E-state index in [1.807, 2.05) is 24.3 Å². The highest BCUT2D eigenvalue weighted by Crippen LogP contribution is 2.20. The number of carboxylic acid groups (broad SMARTS) is 1. The first-order valence-corrected chi connectivity index (χ1v) is 4.94. The highest BCUT2D eigenvalue weighted by atomic mass is 16.4. The summed E-state index contributed by atoms with van der Waals surface area (Å²) in [6.45, 7) is 1.78. The Balaban J connectivity index is 2.52. The van der Waals surface area contributed by atoms with Crippen LogP contribution in [0.3, 0.4) is 0 Å². The molecule has 0 atom stereocenters. The summed E-state index contributed by atoms with van der Waals surface area (Å²) in [5, 5.41) is 9.02. The van der Waals surface area contributed by atoms with Crippen LogP contribution in [0.1, 0.15) is 15.9 Å². The van der Waals surface area contributed by atoms with Crippen molar-refractivity contribution in [3.63, 3.8) is 0 Å². The molecule has 3 heteroatoms. The number of pyridine rings is 1. The van der Waals surface area contributed by atoms with Gasteiger partial charge in [0.2, 0.25) is 0 Å². The summed E-state index contributed by atoms with van der Waals surface area (Å²) < 4.78 is 0. The number of nitrogens with zero attached hydrogens (tertiary/aromatic N) is 1. The molecule has 0 radical (unpaired) electrons. The fraction of sp³-hybridized carbons (Fsp3) is 0.0769. The summed E-state index contributed by atoms with van der Waals surface area (Å²) in [6, 6.07) is 10.9. The molecule has 1 N–H and O–H groups in total. The van der Waals surface area contributed by atoms with Crippen LogP contribution in [0.15, 0.2) is 42.6 Å². The first-order valence-electron chi connectivity index (χ1n) is 4.94. The first kappa shape index (κ1) is 10.4. The maximum absolute atomic E-state index is 11.0. The zero-order valence-electron chi connectivity index (χ0n) is 8.84. The molecule has 0 spiro atoms. The van der Waals surface area contributed by atoms with E-state index < -0.39 is 5.97 Å². The van der Waals surface area contributed by atoms with Gasteiger partial charge in [-0.2, -0.15) is 0 Å². The molecule has 0 unspecified atom stereocenters. The Kier molecular flexibility index (Phi) is 2.68. The smallest absolute Gasteiger partial charge is 0.335 e. The van der Waals surface area contributed by atoms with Crippen LogP contribution in [-0.2, 0) is 0 Å². The second kappa shape index (κ2) is 4.14. The molecule has 3 nitrogen and oxygen atoms in total. The third-order valence-electron chi connectivity index (χ3n) is 2.43. The van der Waals surface area contributed by atoms with Gasteiger partial charge in [-0.3, -0.25) is 4.98 Å². The van der Waals surface area contributed by atoms with Gasteiger partial charge < -0.3 is 5.11 Å². The molecule has 1 aromatic carbocycles. The van der Waals surface area contributed by atoms with Gasteiger partial charge in [-0.1, -0.05) is 18.2 Å². The quantitative estimate of drug-likeness (QED) is 0.834. The van der Waals surface area contributed by atoms with Crippen molar-refractivity contribution in [2.24, 2.45) is 0 Å².